The Kier molecular flexibility index (Phi) is 9.70. The number of rotatable bonds is 9. The van der Waals surface area contributed by atoms with E-state index >= 15 is 0 Å². The number of carbonyl (C=O) groups excluding carboxylic acids is 2. The molecule has 0 bridgehead atoms. The molecule has 0 unspecified atom stereocenters. The van der Waals surface area contributed by atoms with E-state index in [1.54, 1.807) is 13.8 Å². The molecule has 94 valence electrons. The molecule has 0 aliphatic rings. The molecular formula is C11H21NO4. The van der Waals surface area contributed by atoms with Crippen LogP contribution in [0.2, 0.25) is 0 Å². The summed E-state index contributed by atoms with van der Waals surface area (Å²) in [5.74, 6) is -0.366. The summed E-state index contributed by atoms with van der Waals surface area (Å²) in [6, 6.07) is 0. The minimum Gasteiger partial charge on any atom is -0.466 e. The van der Waals surface area contributed by atoms with Gasteiger partial charge >= 0.3 is 11.9 Å². The number of carbonyl (C=O) groups is 2. The van der Waals surface area contributed by atoms with Crippen molar-refractivity contribution in [3.8, 4) is 0 Å². The average Bonchev–Trinajstić information content (AvgIpc) is 2.24. The summed E-state index contributed by atoms with van der Waals surface area (Å²) in [4.78, 5) is 21.9. The molecule has 0 aromatic rings. The first-order valence-corrected chi connectivity index (χ1v) is 5.72. The molecule has 0 aliphatic heterocycles. The summed E-state index contributed by atoms with van der Waals surface area (Å²) >= 11 is 0. The summed E-state index contributed by atoms with van der Waals surface area (Å²) < 4.78 is 9.54. The van der Waals surface area contributed by atoms with Crippen molar-refractivity contribution in [2.24, 2.45) is 0 Å². The lowest BCUT2D eigenvalue weighted by Crippen LogP contribution is -2.21. The second-order valence-electron chi connectivity index (χ2n) is 3.21. The highest BCUT2D eigenvalue weighted by Crippen LogP contribution is 1.91. The Morgan fingerprint density at radius 1 is 0.938 bits per heavy atom. The molecule has 5 heteroatoms. The molecule has 0 aliphatic carbocycles. The van der Waals surface area contributed by atoms with Crippen molar-refractivity contribution in [2.45, 2.75) is 33.1 Å². The molecule has 0 aromatic heterocycles. The summed E-state index contributed by atoms with van der Waals surface area (Å²) in [6.45, 7) is 5.71. The molecule has 0 amide bonds. The van der Waals surface area contributed by atoms with Gasteiger partial charge in [0.15, 0.2) is 0 Å². The summed E-state index contributed by atoms with van der Waals surface area (Å²) in [6.07, 6.45) is 1.51. The molecule has 0 saturated heterocycles. The first-order chi connectivity index (χ1) is 7.70. The molecule has 0 saturated carbocycles. The van der Waals surface area contributed by atoms with Crippen LogP contribution in [0.15, 0.2) is 0 Å². The van der Waals surface area contributed by atoms with E-state index in [2.05, 4.69) is 5.32 Å². The highest BCUT2D eigenvalue weighted by Gasteiger charge is 2.02. The van der Waals surface area contributed by atoms with Crippen LogP contribution in [0.4, 0.5) is 0 Å². The van der Waals surface area contributed by atoms with Crippen LogP contribution in [-0.4, -0.2) is 38.2 Å². The second-order valence-corrected chi connectivity index (χ2v) is 3.21. The highest BCUT2D eigenvalue weighted by molar-refractivity contribution is 5.69. The fourth-order valence-corrected chi connectivity index (χ4v) is 1.14. The molecule has 0 spiro atoms. The zero-order valence-corrected chi connectivity index (χ0v) is 10.1. The van der Waals surface area contributed by atoms with Crippen molar-refractivity contribution in [1.82, 2.24) is 5.32 Å². The Morgan fingerprint density at radius 3 is 2.06 bits per heavy atom. The van der Waals surface area contributed by atoms with Crippen molar-refractivity contribution >= 4 is 11.9 Å². The Labute approximate surface area is 96.5 Å². The molecule has 0 fully saturated rings. The standard InChI is InChI=1S/C11H21NO4/c1-3-15-10(13)6-5-8-12-9-7-11(14)16-4-2/h12H,3-9H2,1-2H3. The highest BCUT2D eigenvalue weighted by atomic mass is 16.5. The Balaban J connectivity index is 3.21. The first-order valence-electron chi connectivity index (χ1n) is 5.72. The van der Waals surface area contributed by atoms with E-state index in [4.69, 9.17) is 9.47 Å². The van der Waals surface area contributed by atoms with Crippen LogP contribution in [0.25, 0.3) is 0 Å². The third-order valence-electron chi connectivity index (χ3n) is 1.85. The maximum atomic E-state index is 10.9. The van der Waals surface area contributed by atoms with Gasteiger partial charge in [-0.15, -0.1) is 0 Å². The van der Waals surface area contributed by atoms with E-state index < -0.39 is 0 Å². The SMILES string of the molecule is CCOC(=O)CCCNCCC(=O)OCC. The van der Waals surface area contributed by atoms with Gasteiger partial charge in [-0.3, -0.25) is 9.59 Å². The van der Waals surface area contributed by atoms with Crippen molar-refractivity contribution in [1.29, 1.82) is 0 Å². The van der Waals surface area contributed by atoms with Crippen LogP contribution in [0.1, 0.15) is 33.1 Å². The molecule has 0 radical (unpaired) electrons. The van der Waals surface area contributed by atoms with E-state index in [0.717, 1.165) is 6.42 Å². The van der Waals surface area contributed by atoms with Crippen molar-refractivity contribution in [3.05, 3.63) is 0 Å². The molecular weight excluding hydrogens is 210 g/mol. The van der Waals surface area contributed by atoms with Gasteiger partial charge in [-0.2, -0.15) is 0 Å². The van der Waals surface area contributed by atoms with Crippen molar-refractivity contribution < 1.29 is 19.1 Å². The van der Waals surface area contributed by atoms with Gasteiger partial charge < -0.3 is 14.8 Å². The van der Waals surface area contributed by atoms with Crippen molar-refractivity contribution in [2.75, 3.05) is 26.3 Å². The molecule has 16 heavy (non-hydrogen) atoms. The number of hydrogen-bond acceptors (Lipinski definition) is 5. The maximum absolute atomic E-state index is 10.9. The first kappa shape index (κ1) is 14.9. The third-order valence-corrected chi connectivity index (χ3v) is 1.85. The van der Waals surface area contributed by atoms with Gasteiger partial charge in [0.05, 0.1) is 19.6 Å². The fraction of sp³-hybridized carbons (Fsp3) is 0.818. The molecule has 1 N–H and O–H groups in total. The summed E-state index contributed by atoms with van der Waals surface area (Å²) in [5.41, 5.74) is 0. The van der Waals surface area contributed by atoms with Crippen LogP contribution < -0.4 is 5.32 Å². The van der Waals surface area contributed by atoms with Gasteiger partial charge in [-0.1, -0.05) is 0 Å². The number of nitrogens with one attached hydrogen (secondary N) is 1. The quantitative estimate of drug-likeness (QED) is 0.471. The number of hydrogen-bond donors (Lipinski definition) is 1. The number of esters is 2. The van der Waals surface area contributed by atoms with E-state index in [0.29, 0.717) is 39.1 Å². The van der Waals surface area contributed by atoms with E-state index in [9.17, 15) is 9.59 Å². The number of ether oxygens (including phenoxy) is 2. The van der Waals surface area contributed by atoms with Gasteiger partial charge in [0.25, 0.3) is 0 Å². The molecule has 0 atom stereocenters. The third kappa shape index (κ3) is 9.45. The van der Waals surface area contributed by atoms with Crippen LogP contribution >= 0.6 is 0 Å². The smallest absolute Gasteiger partial charge is 0.307 e. The lowest BCUT2D eigenvalue weighted by atomic mass is 10.3. The summed E-state index contributed by atoms with van der Waals surface area (Å²) in [7, 11) is 0. The minimum atomic E-state index is -0.194. The molecule has 0 rings (SSSR count). The van der Waals surface area contributed by atoms with Gasteiger partial charge in [-0.25, -0.2) is 0 Å². The normalized spacial score (nSPS) is 9.88. The maximum Gasteiger partial charge on any atom is 0.307 e. The van der Waals surface area contributed by atoms with Gasteiger partial charge in [0.2, 0.25) is 0 Å². The predicted octanol–water partition coefficient (Wildman–Crippen LogP) is 0.873. The predicted molar refractivity (Wildman–Crippen MR) is 60.0 cm³/mol. The minimum absolute atomic E-state index is 0.172. The molecule has 5 nitrogen and oxygen atoms in total. The lowest BCUT2D eigenvalue weighted by molar-refractivity contribution is -0.144. The Bertz CT molecular complexity index is 184. The zero-order valence-electron chi connectivity index (χ0n) is 10.1. The van der Waals surface area contributed by atoms with Crippen molar-refractivity contribution in [3.63, 3.8) is 0 Å². The van der Waals surface area contributed by atoms with E-state index in [1.807, 2.05) is 0 Å². The average molecular weight is 231 g/mol. The van der Waals surface area contributed by atoms with Gasteiger partial charge in [0, 0.05) is 13.0 Å². The Hall–Kier alpha value is -1.10. The second kappa shape index (κ2) is 10.4. The van der Waals surface area contributed by atoms with E-state index in [-0.39, 0.29) is 11.9 Å². The van der Waals surface area contributed by atoms with E-state index in [1.165, 1.54) is 0 Å². The van der Waals surface area contributed by atoms with Gasteiger partial charge in [0.1, 0.15) is 0 Å². The molecule has 0 heterocycles. The summed E-state index contributed by atoms with van der Waals surface area (Å²) in [5, 5.41) is 3.06. The van der Waals surface area contributed by atoms with Crippen LogP contribution in [0.5, 0.6) is 0 Å². The monoisotopic (exact) mass is 231 g/mol. The van der Waals surface area contributed by atoms with Crippen LogP contribution in [0, 0.1) is 0 Å². The fourth-order valence-electron chi connectivity index (χ4n) is 1.14. The van der Waals surface area contributed by atoms with Gasteiger partial charge in [-0.05, 0) is 26.8 Å². The Morgan fingerprint density at radius 2 is 1.50 bits per heavy atom. The largest absolute Gasteiger partial charge is 0.466 e. The molecule has 0 aromatic carbocycles. The lowest BCUT2D eigenvalue weighted by Gasteiger charge is -2.04. The van der Waals surface area contributed by atoms with Crippen LogP contribution in [-0.2, 0) is 19.1 Å². The zero-order chi connectivity index (χ0) is 12.2. The van der Waals surface area contributed by atoms with Crippen LogP contribution in [0.3, 0.4) is 0 Å². The topological polar surface area (TPSA) is 64.6 Å².